The zero-order valence-corrected chi connectivity index (χ0v) is 3.81. The van der Waals surface area contributed by atoms with Crippen molar-refractivity contribution in [3.05, 3.63) is 12.3 Å². The summed E-state index contributed by atoms with van der Waals surface area (Å²) in [4.78, 5) is 2.72. The molecule has 0 saturated heterocycles. The lowest BCUT2D eigenvalue weighted by molar-refractivity contribution is 1.42. The summed E-state index contributed by atoms with van der Waals surface area (Å²) >= 11 is 0. The lowest BCUT2D eigenvalue weighted by Crippen LogP contribution is -1.89. The third kappa shape index (κ3) is 0.513. The number of H-pyrrole nitrogens is 1. The number of hydrogen-bond donors (Lipinski definition) is 3. The Morgan fingerprint density at radius 3 is 2.29 bits per heavy atom. The van der Waals surface area contributed by atoms with E-state index in [1.54, 1.807) is 12.3 Å². The maximum absolute atomic E-state index is 5.28. The van der Waals surface area contributed by atoms with Gasteiger partial charge in [-0.15, -0.1) is 0 Å². The summed E-state index contributed by atoms with van der Waals surface area (Å²) in [5.41, 5.74) is 11.2. The van der Waals surface area contributed by atoms with Crippen molar-refractivity contribution in [1.29, 1.82) is 0 Å². The van der Waals surface area contributed by atoms with Crippen molar-refractivity contribution >= 4 is 11.5 Å². The molecule has 5 N–H and O–H groups in total. The number of nitrogen functional groups attached to an aromatic ring is 2. The van der Waals surface area contributed by atoms with Gasteiger partial charge >= 0.3 is 0 Å². The molecular formula is C4H7N3. The van der Waals surface area contributed by atoms with Gasteiger partial charge in [0.25, 0.3) is 0 Å². The summed E-state index contributed by atoms with van der Waals surface area (Å²) in [6, 6.07) is 1.72. The van der Waals surface area contributed by atoms with Gasteiger partial charge in [0.15, 0.2) is 0 Å². The molecule has 3 heteroatoms. The van der Waals surface area contributed by atoms with Gasteiger partial charge in [-0.3, -0.25) is 0 Å². The largest absolute Gasteiger partial charge is 0.396 e. The van der Waals surface area contributed by atoms with Gasteiger partial charge in [0.2, 0.25) is 0 Å². The highest BCUT2D eigenvalue weighted by Gasteiger charge is 1.87. The summed E-state index contributed by atoms with van der Waals surface area (Å²) in [5.74, 6) is 0.542. The Kier molecular flexibility index (Phi) is 0.685. The molecule has 0 fully saturated rings. The van der Waals surface area contributed by atoms with Crippen molar-refractivity contribution in [2.24, 2.45) is 0 Å². The SMILES string of the molecule is Nc1cc[nH]c1N. The van der Waals surface area contributed by atoms with E-state index in [1.807, 2.05) is 0 Å². The second-order valence-electron chi connectivity index (χ2n) is 1.35. The van der Waals surface area contributed by atoms with E-state index in [2.05, 4.69) is 4.98 Å². The molecule has 0 aliphatic rings. The molecule has 0 aliphatic carbocycles. The minimum absolute atomic E-state index is 0.542. The van der Waals surface area contributed by atoms with Gasteiger partial charge in [-0.05, 0) is 6.07 Å². The number of hydrogen-bond acceptors (Lipinski definition) is 2. The predicted molar refractivity (Wildman–Crippen MR) is 29.6 cm³/mol. The molecule has 0 radical (unpaired) electrons. The third-order valence-corrected chi connectivity index (χ3v) is 0.813. The Morgan fingerprint density at radius 2 is 2.14 bits per heavy atom. The smallest absolute Gasteiger partial charge is 0.124 e. The van der Waals surface area contributed by atoms with E-state index in [9.17, 15) is 0 Å². The average molecular weight is 97.1 g/mol. The molecule has 0 saturated carbocycles. The molecule has 0 aliphatic heterocycles. The molecular weight excluding hydrogens is 90.1 g/mol. The summed E-state index contributed by atoms with van der Waals surface area (Å²) in [5, 5.41) is 0. The lowest BCUT2D eigenvalue weighted by atomic mass is 10.5. The number of nitrogens with two attached hydrogens (primary N) is 2. The van der Waals surface area contributed by atoms with Crippen LogP contribution in [0.5, 0.6) is 0 Å². The normalized spacial score (nSPS) is 9.14. The first kappa shape index (κ1) is 4.05. The van der Waals surface area contributed by atoms with E-state index in [0.717, 1.165) is 0 Å². The molecule has 1 aromatic rings. The van der Waals surface area contributed by atoms with Crippen LogP contribution in [0.4, 0.5) is 11.5 Å². The molecule has 0 atom stereocenters. The van der Waals surface area contributed by atoms with Crippen LogP contribution >= 0.6 is 0 Å². The van der Waals surface area contributed by atoms with Crippen LogP contribution in [0, 0.1) is 0 Å². The zero-order valence-electron chi connectivity index (χ0n) is 3.81. The van der Waals surface area contributed by atoms with Crippen LogP contribution in [0.2, 0.25) is 0 Å². The van der Waals surface area contributed by atoms with E-state index >= 15 is 0 Å². The zero-order chi connectivity index (χ0) is 5.28. The van der Waals surface area contributed by atoms with Gasteiger partial charge in [-0.1, -0.05) is 0 Å². The Morgan fingerprint density at radius 1 is 1.43 bits per heavy atom. The number of rotatable bonds is 0. The minimum Gasteiger partial charge on any atom is -0.396 e. The highest BCUT2D eigenvalue weighted by molar-refractivity contribution is 5.57. The standard InChI is InChI=1S/C4H7N3/c5-3-1-2-7-4(3)6/h1-2,7H,5-6H2. The fourth-order valence-electron chi connectivity index (χ4n) is 0.394. The van der Waals surface area contributed by atoms with Gasteiger partial charge in [0.05, 0.1) is 5.69 Å². The molecule has 1 rings (SSSR count). The Balaban J connectivity index is 3.12. The fraction of sp³-hybridized carbons (Fsp3) is 0. The van der Waals surface area contributed by atoms with Gasteiger partial charge in [0.1, 0.15) is 5.82 Å². The van der Waals surface area contributed by atoms with Gasteiger partial charge in [-0.25, -0.2) is 0 Å². The number of aromatic nitrogens is 1. The van der Waals surface area contributed by atoms with Gasteiger partial charge in [0, 0.05) is 6.20 Å². The molecule has 38 valence electrons. The highest BCUT2D eigenvalue weighted by Crippen LogP contribution is 2.07. The summed E-state index contributed by atoms with van der Waals surface area (Å²) in [6.45, 7) is 0. The average Bonchev–Trinajstić information content (AvgIpc) is 1.91. The molecule has 3 nitrogen and oxygen atoms in total. The maximum atomic E-state index is 5.28. The summed E-state index contributed by atoms with van der Waals surface area (Å²) < 4.78 is 0. The molecule has 0 spiro atoms. The first-order chi connectivity index (χ1) is 3.30. The van der Waals surface area contributed by atoms with Crippen LogP contribution < -0.4 is 11.5 Å². The van der Waals surface area contributed by atoms with E-state index in [4.69, 9.17) is 11.5 Å². The molecule has 1 heterocycles. The van der Waals surface area contributed by atoms with Crippen molar-refractivity contribution in [1.82, 2.24) is 4.98 Å². The first-order valence-electron chi connectivity index (χ1n) is 1.99. The van der Waals surface area contributed by atoms with Gasteiger partial charge < -0.3 is 16.5 Å². The number of anilines is 2. The third-order valence-electron chi connectivity index (χ3n) is 0.813. The second-order valence-corrected chi connectivity index (χ2v) is 1.35. The van der Waals surface area contributed by atoms with Crippen molar-refractivity contribution in [2.75, 3.05) is 11.5 Å². The van der Waals surface area contributed by atoms with E-state index in [1.165, 1.54) is 0 Å². The molecule has 0 amide bonds. The molecule has 7 heavy (non-hydrogen) atoms. The van der Waals surface area contributed by atoms with Crippen LogP contribution in [-0.4, -0.2) is 4.98 Å². The monoisotopic (exact) mass is 97.1 g/mol. The molecule has 0 aromatic carbocycles. The minimum atomic E-state index is 0.542. The van der Waals surface area contributed by atoms with Crippen LogP contribution in [-0.2, 0) is 0 Å². The summed E-state index contributed by atoms with van der Waals surface area (Å²) in [7, 11) is 0. The lowest BCUT2D eigenvalue weighted by Gasteiger charge is -1.83. The Hall–Kier alpha value is -1.12. The van der Waals surface area contributed by atoms with E-state index in [-0.39, 0.29) is 0 Å². The Bertz CT molecular complexity index is 139. The summed E-state index contributed by atoms with van der Waals surface area (Å²) in [6.07, 6.45) is 1.70. The molecule has 0 unspecified atom stereocenters. The maximum Gasteiger partial charge on any atom is 0.124 e. The number of nitrogens with one attached hydrogen (secondary N) is 1. The van der Waals surface area contributed by atoms with Crippen LogP contribution in [0.1, 0.15) is 0 Å². The first-order valence-corrected chi connectivity index (χ1v) is 1.99. The van der Waals surface area contributed by atoms with Crippen LogP contribution in [0.3, 0.4) is 0 Å². The van der Waals surface area contributed by atoms with Gasteiger partial charge in [-0.2, -0.15) is 0 Å². The van der Waals surface area contributed by atoms with Crippen molar-refractivity contribution in [3.8, 4) is 0 Å². The quantitative estimate of drug-likeness (QED) is 0.432. The van der Waals surface area contributed by atoms with Crippen molar-refractivity contribution < 1.29 is 0 Å². The molecule has 1 aromatic heterocycles. The van der Waals surface area contributed by atoms with E-state index < -0.39 is 0 Å². The highest BCUT2D eigenvalue weighted by atomic mass is 14.9. The van der Waals surface area contributed by atoms with Crippen LogP contribution in [0.15, 0.2) is 12.3 Å². The predicted octanol–water partition coefficient (Wildman–Crippen LogP) is 0.179. The van der Waals surface area contributed by atoms with E-state index in [0.29, 0.717) is 11.5 Å². The fourth-order valence-corrected chi connectivity index (χ4v) is 0.394. The Labute approximate surface area is 41.3 Å². The van der Waals surface area contributed by atoms with Crippen molar-refractivity contribution in [2.45, 2.75) is 0 Å². The topological polar surface area (TPSA) is 67.8 Å². The van der Waals surface area contributed by atoms with Crippen LogP contribution in [0.25, 0.3) is 0 Å². The number of aromatic amines is 1. The second kappa shape index (κ2) is 1.18. The van der Waals surface area contributed by atoms with Crippen molar-refractivity contribution in [3.63, 3.8) is 0 Å². The molecule has 0 bridgehead atoms.